The molecule has 0 N–H and O–H groups in total. The zero-order chi connectivity index (χ0) is 15.2. The Morgan fingerprint density at radius 3 is 2.65 bits per heavy atom. The number of carbonyl (C=O) groups excluding carboxylic acids is 1. The zero-order valence-corrected chi connectivity index (χ0v) is 12.8. The van der Waals surface area contributed by atoms with Crippen LogP contribution in [0.15, 0.2) is 24.3 Å². The second-order valence-corrected chi connectivity index (χ2v) is 6.26. The first-order chi connectivity index (χ1) is 9.31. The van der Waals surface area contributed by atoms with E-state index in [-0.39, 0.29) is 18.5 Å². The molecule has 0 amide bonds. The maximum atomic E-state index is 11.2. The minimum Gasteiger partial charge on any atom is -0.427 e. The standard InChI is InChI=1S/C14H20O5S/c1-4-14(15)19-13-7-5-6-12(10-13)11(2)8-9-18-20(3,16)17/h5-7,10-11H,4,8-9H2,1-3H3. The monoisotopic (exact) mass is 300 g/mol. The fourth-order valence-corrected chi connectivity index (χ4v) is 2.03. The predicted octanol–water partition coefficient (Wildman–Crippen LogP) is 2.47. The summed E-state index contributed by atoms with van der Waals surface area (Å²) in [5.41, 5.74) is 0.975. The Morgan fingerprint density at radius 2 is 2.05 bits per heavy atom. The van der Waals surface area contributed by atoms with Crippen LogP contribution >= 0.6 is 0 Å². The van der Waals surface area contributed by atoms with E-state index in [0.717, 1.165) is 11.8 Å². The van der Waals surface area contributed by atoms with Crippen molar-refractivity contribution in [3.05, 3.63) is 29.8 Å². The highest BCUT2D eigenvalue weighted by Crippen LogP contribution is 2.23. The number of rotatable bonds is 7. The summed E-state index contributed by atoms with van der Waals surface area (Å²) in [6.07, 6.45) is 1.92. The van der Waals surface area contributed by atoms with Crippen LogP contribution in [0.1, 0.15) is 38.2 Å². The second kappa shape index (κ2) is 7.40. The molecule has 0 aromatic heterocycles. The highest BCUT2D eigenvalue weighted by atomic mass is 32.2. The maximum Gasteiger partial charge on any atom is 0.310 e. The summed E-state index contributed by atoms with van der Waals surface area (Å²) in [4.78, 5) is 11.2. The zero-order valence-electron chi connectivity index (χ0n) is 12.0. The molecule has 0 aliphatic rings. The van der Waals surface area contributed by atoms with Gasteiger partial charge in [-0.2, -0.15) is 8.42 Å². The van der Waals surface area contributed by atoms with Gasteiger partial charge in [0.15, 0.2) is 0 Å². The molecule has 0 saturated carbocycles. The first-order valence-corrected chi connectivity index (χ1v) is 8.28. The first-order valence-electron chi connectivity index (χ1n) is 6.47. The van der Waals surface area contributed by atoms with Gasteiger partial charge in [-0.15, -0.1) is 0 Å². The van der Waals surface area contributed by atoms with Gasteiger partial charge in [-0.1, -0.05) is 26.0 Å². The van der Waals surface area contributed by atoms with Crippen LogP contribution in [0.4, 0.5) is 0 Å². The van der Waals surface area contributed by atoms with Gasteiger partial charge in [0.25, 0.3) is 10.1 Å². The van der Waals surface area contributed by atoms with Crippen LogP contribution in [-0.4, -0.2) is 27.2 Å². The van der Waals surface area contributed by atoms with Crippen molar-refractivity contribution in [3.63, 3.8) is 0 Å². The van der Waals surface area contributed by atoms with Crippen molar-refractivity contribution in [2.24, 2.45) is 0 Å². The Kier molecular flexibility index (Phi) is 6.16. The summed E-state index contributed by atoms with van der Waals surface area (Å²) >= 11 is 0. The average Bonchev–Trinajstić information content (AvgIpc) is 2.37. The smallest absolute Gasteiger partial charge is 0.310 e. The highest BCUT2D eigenvalue weighted by Gasteiger charge is 2.10. The van der Waals surface area contributed by atoms with Crippen LogP contribution < -0.4 is 4.74 Å². The third kappa shape index (κ3) is 6.16. The molecule has 1 rings (SSSR count). The Hall–Kier alpha value is -1.40. The molecule has 6 heteroatoms. The van der Waals surface area contributed by atoms with Gasteiger partial charge in [0.2, 0.25) is 0 Å². The van der Waals surface area contributed by atoms with Crippen molar-refractivity contribution in [3.8, 4) is 5.75 Å². The lowest BCUT2D eigenvalue weighted by Gasteiger charge is -2.13. The van der Waals surface area contributed by atoms with Crippen LogP contribution in [0.3, 0.4) is 0 Å². The van der Waals surface area contributed by atoms with Crippen molar-refractivity contribution >= 4 is 16.1 Å². The van der Waals surface area contributed by atoms with Gasteiger partial charge < -0.3 is 4.74 Å². The molecule has 20 heavy (non-hydrogen) atoms. The van der Waals surface area contributed by atoms with Gasteiger partial charge in [0, 0.05) is 6.42 Å². The Bertz CT molecular complexity index is 550. The lowest BCUT2D eigenvalue weighted by Crippen LogP contribution is -2.08. The molecule has 0 radical (unpaired) electrons. The van der Waals surface area contributed by atoms with Gasteiger partial charge in [-0.25, -0.2) is 0 Å². The van der Waals surface area contributed by atoms with Crippen LogP contribution in [0.25, 0.3) is 0 Å². The van der Waals surface area contributed by atoms with E-state index >= 15 is 0 Å². The molecule has 0 bridgehead atoms. The SMILES string of the molecule is CCC(=O)Oc1cccc(C(C)CCOS(C)(=O)=O)c1. The third-order valence-corrected chi connectivity index (χ3v) is 3.39. The normalized spacial score (nSPS) is 12.9. The number of esters is 1. The molecule has 0 spiro atoms. The average molecular weight is 300 g/mol. The molecule has 1 aromatic carbocycles. The van der Waals surface area contributed by atoms with Crippen molar-refractivity contribution in [2.75, 3.05) is 12.9 Å². The van der Waals surface area contributed by atoms with Crippen LogP contribution in [0.2, 0.25) is 0 Å². The number of hydrogen-bond acceptors (Lipinski definition) is 5. The molecule has 1 unspecified atom stereocenters. The fraction of sp³-hybridized carbons (Fsp3) is 0.500. The topological polar surface area (TPSA) is 69.7 Å². The van der Waals surface area contributed by atoms with Crippen molar-refractivity contribution in [1.29, 1.82) is 0 Å². The van der Waals surface area contributed by atoms with Crippen molar-refractivity contribution in [2.45, 2.75) is 32.6 Å². The number of ether oxygens (including phenoxy) is 1. The Balaban J connectivity index is 2.61. The third-order valence-electron chi connectivity index (χ3n) is 2.80. The molecule has 5 nitrogen and oxygen atoms in total. The second-order valence-electron chi connectivity index (χ2n) is 4.62. The van der Waals surface area contributed by atoms with Crippen molar-refractivity contribution in [1.82, 2.24) is 0 Å². The van der Waals surface area contributed by atoms with Gasteiger partial charge in [-0.05, 0) is 30.0 Å². The lowest BCUT2D eigenvalue weighted by atomic mass is 9.98. The highest BCUT2D eigenvalue weighted by molar-refractivity contribution is 7.85. The van der Waals surface area contributed by atoms with E-state index in [0.29, 0.717) is 18.6 Å². The fourth-order valence-electron chi connectivity index (χ4n) is 1.63. The molecule has 1 atom stereocenters. The molecule has 0 saturated heterocycles. The van der Waals surface area contributed by atoms with E-state index in [1.54, 1.807) is 19.1 Å². The number of hydrogen-bond donors (Lipinski definition) is 0. The molecule has 112 valence electrons. The van der Waals surface area contributed by atoms with Crippen LogP contribution in [0, 0.1) is 0 Å². The Morgan fingerprint density at radius 1 is 1.35 bits per heavy atom. The van der Waals surface area contributed by atoms with E-state index < -0.39 is 10.1 Å². The summed E-state index contributed by atoms with van der Waals surface area (Å²) in [5, 5.41) is 0. The predicted molar refractivity (Wildman–Crippen MR) is 76.2 cm³/mol. The van der Waals surface area contributed by atoms with E-state index in [1.807, 2.05) is 19.1 Å². The summed E-state index contributed by atoms with van der Waals surface area (Å²) in [6, 6.07) is 7.23. The number of benzene rings is 1. The van der Waals surface area contributed by atoms with Gasteiger partial charge in [0.1, 0.15) is 5.75 Å². The molecular weight excluding hydrogens is 280 g/mol. The molecular formula is C14H20O5S. The minimum atomic E-state index is -3.40. The van der Waals surface area contributed by atoms with Crippen molar-refractivity contribution < 1.29 is 22.1 Å². The molecule has 0 aliphatic heterocycles. The Labute approximate surface area is 120 Å². The van der Waals surface area contributed by atoms with E-state index in [9.17, 15) is 13.2 Å². The van der Waals surface area contributed by atoms with Crippen LogP contribution in [-0.2, 0) is 19.1 Å². The summed E-state index contributed by atoms with van der Waals surface area (Å²) in [6.45, 7) is 3.84. The molecule has 0 heterocycles. The summed E-state index contributed by atoms with van der Waals surface area (Å²) in [7, 11) is -3.40. The lowest BCUT2D eigenvalue weighted by molar-refractivity contribution is -0.134. The molecule has 0 fully saturated rings. The van der Waals surface area contributed by atoms with E-state index in [2.05, 4.69) is 0 Å². The minimum absolute atomic E-state index is 0.108. The first kappa shape index (κ1) is 16.7. The molecule has 1 aromatic rings. The summed E-state index contributed by atoms with van der Waals surface area (Å²) in [5.74, 6) is 0.331. The van der Waals surface area contributed by atoms with Gasteiger partial charge in [0.05, 0.1) is 12.9 Å². The van der Waals surface area contributed by atoms with E-state index in [4.69, 9.17) is 8.92 Å². The molecule has 0 aliphatic carbocycles. The van der Waals surface area contributed by atoms with Crippen LogP contribution in [0.5, 0.6) is 5.75 Å². The summed E-state index contributed by atoms with van der Waals surface area (Å²) < 4.78 is 31.6. The van der Waals surface area contributed by atoms with Gasteiger partial charge >= 0.3 is 5.97 Å². The van der Waals surface area contributed by atoms with E-state index in [1.165, 1.54) is 0 Å². The number of carbonyl (C=O) groups is 1. The van der Waals surface area contributed by atoms with Gasteiger partial charge in [-0.3, -0.25) is 8.98 Å². The maximum absolute atomic E-state index is 11.2. The quantitative estimate of drug-likeness (QED) is 0.439. The largest absolute Gasteiger partial charge is 0.427 e.